The summed E-state index contributed by atoms with van der Waals surface area (Å²) in [4.78, 5) is 44.2. The fraction of sp³-hybridized carbons (Fsp3) is 0.667. The van der Waals surface area contributed by atoms with Crippen LogP contribution in [0.5, 0.6) is 0 Å². The molecule has 1 aromatic carbocycles. The monoisotopic (exact) mass is 484 g/mol. The lowest BCUT2D eigenvalue weighted by Gasteiger charge is -2.17. The van der Waals surface area contributed by atoms with Crippen LogP contribution in [-0.2, 0) is 20.5 Å². The van der Waals surface area contributed by atoms with E-state index in [-0.39, 0.29) is 23.8 Å². The van der Waals surface area contributed by atoms with Crippen LogP contribution in [0.25, 0.3) is 0 Å². The van der Waals surface area contributed by atoms with Gasteiger partial charge in [-0.3, -0.25) is 9.59 Å². The highest BCUT2D eigenvalue weighted by Gasteiger charge is 2.28. The molecule has 2 atom stereocenters. The van der Waals surface area contributed by atoms with Gasteiger partial charge < -0.3 is 29.6 Å². The minimum Gasteiger partial charge on any atom is -0.400 e. The quantitative estimate of drug-likeness (QED) is 0.267. The van der Waals surface area contributed by atoms with Crippen LogP contribution in [0.1, 0.15) is 69.9 Å². The summed E-state index contributed by atoms with van der Waals surface area (Å²) >= 11 is 0. The highest BCUT2D eigenvalue weighted by molar-refractivity contribution is 7.39. The van der Waals surface area contributed by atoms with Crippen LogP contribution in [-0.4, -0.2) is 64.5 Å². The summed E-state index contributed by atoms with van der Waals surface area (Å²) in [5.41, 5.74) is 2.32. The average Bonchev–Trinajstić information content (AvgIpc) is 3.24. The van der Waals surface area contributed by atoms with Gasteiger partial charge in [0, 0.05) is 33.2 Å². The first kappa shape index (κ1) is 29.5. The molecule has 188 valence electrons. The van der Waals surface area contributed by atoms with Gasteiger partial charge in [-0.1, -0.05) is 44.5 Å². The summed E-state index contributed by atoms with van der Waals surface area (Å²) in [6.45, 7) is 7.95. The van der Waals surface area contributed by atoms with E-state index in [0.717, 1.165) is 38.4 Å². The molecule has 4 N–H and O–H groups in total. The second-order valence-corrected chi connectivity index (χ2v) is 9.49. The van der Waals surface area contributed by atoms with Crippen molar-refractivity contribution in [2.45, 2.75) is 71.3 Å². The Labute approximate surface area is 199 Å². The Bertz CT molecular complexity index is 699. The summed E-state index contributed by atoms with van der Waals surface area (Å²) in [6.07, 6.45) is 4.34. The maximum atomic E-state index is 12.4. The number of hydrogen-bond donors (Lipinski definition) is 4. The Morgan fingerprint density at radius 1 is 1.12 bits per heavy atom. The van der Waals surface area contributed by atoms with Gasteiger partial charge in [0.15, 0.2) is 0 Å². The van der Waals surface area contributed by atoms with E-state index in [1.54, 1.807) is 4.90 Å². The number of rotatable bonds is 12. The molecular formula is C24H41N2O6P. The summed E-state index contributed by atoms with van der Waals surface area (Å²) in [7, 11) is -1.37. The van der Waals surface area contributed by atoms with E-state index >= 15 is 0 Å². The molecule has 0 radical (unpaired) electrons. The molecule has 0 bridgehead atoms. The first-order valence-electron chi connectivity index (χ1n) is 11.7. The Morgan fingerprint density at radius 2 is 1.79 bits per heavy atom. The van der Waals surface area contributed by atoms with E-state index in [2.05, 4.69) is 31.3 Å². The van der Waals surface area contributed by atoms with Crippen molar-refractivity contribution >= 4 is 20.4 Å². The van der Waals surface area contributed by atoms with Gasteiger partial charge in [-0.05, 0) is 49.7 Å². The lowest BCUT2D eigenvalue weighted by Crippen LogP contribution is -2.30. The molecule has 0 aliphatic carbocycles. The SMILES string of the molecule is CC(C)Cc1ccc(C(C)C(=O)NCCCCCC(=O)N2CCC(OP(O)O)C2)cc1.CO. The van der Waals surface area contributed by atoms with Crippen LogP contribution in [0.3, 0.4) is 0 Å². The zero-order valence-corrected chi connectivity index (χ0v) is 21.3. The predicted molar refractivity (Wildman–Crippen MR) is 130 cm³/mol. The first-order chi connectivity index (χ1) is 15.8. The van der Waals surface area contributed by atoms with Crippen molar-refractivity contribution in [1.82, 2.24) is 10.2 Å². The first-order valence-corrected chi connectivity index (χ1v) is 12.9. The number of unbranched alkanes of at least 4 members (excludes halogenated alkanes) is 2. The van der Waals surface area contributed by atoms with Gasteiger partial charge in [0.1, 0.15) is 0 Å². The van der Waals surface area contributed by atoms with Gasteiger partial charge in [0.2, 0.25) is 11.8 Å². The average molecular weight is 485 g/mol. The summed E-state index contributed by atoms with van der Waals surface area (Å²) in [5, 5.41) is 10.00. The third-order valence-corrected chi connectivity index (χ3v) is 6.11. The minimum absolute atomic E-state index is 0.0310. The molecule has 8 nitrogen and oxygen atoms in total. The number of benzene rings is 1. The highest BCUT2D eigenvalue weighted by Crippen LogP contribution is 2.30. The van der Waals surface area contributed by atoms with Gasteiger partial charge >= 0.3 is 8.60 Å². The second-order valence-electron chi connectivity index (χ2n) is 8.77. The summed E-state index contributed by atoms with van der Waals surface area (Å²) in [6, 6.07) is 8.31. The molecule has 0 saturated carbocycles. The molecule has 2 unspecified atom stereocenters. The second kappa shape index (κ2) is 16.1. The van der Waals surface area contributed by atoms with E-state index in [9.17, 15) is 9.59 Å². The van der Waals surface area contributed by atoms with E-state index in [1.807, 2.05) is 19.1 Å². The molecule has 1 aromatic rings. The van der Waals surface area contributed by atoms with E-state index in [4.69, 9.17) is 19.4 Å². The molecule has 1 saturated heterocycles. The highest BCUT2D eigenvalue weighted by atomic mass is 31.2. The van der Waals surface area contributed by atoms with Crippen molar-refractivity contribution in [1.29, 1.82) is 0 Å². The molecule has 0 aromatic heterocycles. The molecule has 0 spiro atoms. The Morgan fingerprint density at radius 3 is 2.39 bits per heavy atom. The molecule has 2 rings (SSSR count). The zero-order chi connectivity index (χ0) is 24.8. The number of carbonyl (C=O) groups excluding carboxylic acids is 2. The molecule has 1 heterocycles. The van der Waals surface area contributed by atoms with E-state index < -0.39 is 8.60 Å². The molecule has 1 aliphatic heterocycles. The fourth-order valence-electron chi connectivity index (χ4n) is 3.84. The van der Waals surface area contributed by atoms with Gasteiger partial charge in [-0.25, -0.2) is 0 Å². The van der Waals surface area contributed by atoms with Crippen LogP contribution in [0.2, 0.25) is 0 Å². The van der Waals surface area contributed by atoms with Crippen molar-refractivity contribution in [3.63, 3.8) is 0 Å². The number of carbonyl (C=O) groups is 2. The smallest absolute Gasteiger partial charge is 0.327 e. The van der Waals surface area contributed by atoms with Gasteiger partial charge in [0.25, 0.3) is 0 Å². The number of hydrogen-bond acceptors (Lipinski definition) is 6. The number of aliphatic hydroxyl groups excluding tert-OH is 1. The van der Waals surface area contributed by atoms with E-state index in [1.165, 1.54) is 5.56 Å². The lowest BCUT2D eigenvalue weighted by atomic mass is 9.96. The number of aliphatic hydroxyl groups is 1. The Kier molecular flexibility index (Phi) is 14.4. The third-order valence-electron chi connectivity index (χ3n) is 5.62. The molecule has 9 heteroatoms. The molecule has 2 amide bonds. The van der Waals surface area contributed by atoms with Crippen molar-refractivity contribution in [3.05, 3.63) is 35.4 Å². The maximum absolute atomic E-state index is 12.4. The summed E-state index contributed by atoms with van der Waals surface area (Å²) in [5.74, 6) is 0.538. The lowest BCUT2D eigenvalue weighted by molar-refractivity contribution is -0.130. The number of nitrogens with zero attached hydrogens (tertiary/aromatic N) is 1. The molecule has 1 aliphatic rings. The zero-order valence-electron chi connectivity index (χ0n) is 20.4. The van der Waals surface area contributed by atoms with Crippen LogP contribution < -0.4 is 5.32 Å². The normalized spacial score (nSPS) is 16.5. The standard InChI is InChI=1S/C23H37N2O5P.CH4O/c1-17(2)15-19-8-10-20(11-9-19)18(3)23(27)24-13-6-4-5-7-22(26)25-14-12-21(16-25)30-31(28)29;1-2/h8-11,17-18,21,28-29H,4-7,12-16H2,1-3H3,(H,24,27);2H,1H3. The van der Waals surface area contributed by atoms with Crippen molar-refractivity contribution < 1.29 is 29.0 Å². The fourth-order valence-corrected chi connectivity index (χ4v) is 4.28. The third kappa shape index (κ3) is 11.4. The van der Waals surface area contributed by atoms with Gasteiger partial charge in [-0.2, -0.15) is 0 Å². The maximum Gasteiger partial charge on any atom is 0.327 e. The van der Waals surface area contributed by atoms with Crippen LogP contribution in [0.4, 0.5) is 0 Å². The van der Waals surface area contributed by atoms with Crippen LogP contribution in [0.15, 0.2) is 24.3 Å². The molecule has 1 fully saturated rings. The number of amides is 2. The van der Waals surface area contributed by atoms with Crippen LogP contribution >= 0.6 is 8.60 Å². The Hall–Kier alpha value is -1.57. The number of likely N-dealkylation sites (tertiary alicyclic amines) is 1. The molecule has 33 heavy (non-hydrogen) atoms. The van der Waals surface area contributed by atoms with Gasteiger partial charge in [-0.15, -0.1) is 0 Å². The molecular weight excluding hydrogens is 443 g/mol. The van der Waals surface area contributed by atoms with Gasteiger partial charge in [0.05, 0.1) is 12.0 Å². The number of nitrogens with one attached hydrogen (secondary N) is 1. The predicted octanol–water partition coefficient (Wildman–Crippen LogP) is 3.10. The van der Waals surface area contributed by atoms with Crippen molar-refractivity contribution in [2.75, 3.05) is 26.7 Å². The summed E-state index contributed by atoms with van der Waals surface area (Å²) < 4.78 is 4.99. The van der Waals surface area contributed by atoms with Crippen LogP contribution in [0, 0.1) is 5.92 Å². The Balaban J connectivity index is 0.00000265. The van der Waals surface area contributed by atoms with Crippen molar-refractivity contribution in [2.24, 2.45) is 5.92 Å². The van der Waals surface area contributed by atoms with E-state index in [0.29, 0.717) is 38.4 Å². The minimum atomic E-state index is -2.37. The largest absolute Gasteiger partial charge is 0.400 e. The topological polar surface area (TPSA) is 119 Å². The van der Waals surface area contributed by atoms with Crippen molar-refractivity contribution in [3.8, 4) is 0 Å².